The molecule has 2 aromatic carbocycles. The van der Waals surface area contributed by atoms with Gasteiger partial charge in [-0.25, -0.2) is 4.39 Å². The van der Waals surface area contributed by atoms with Gasteiger partial charge in [0.05, 0.1) is 12.1 Å². The number of ether oxygens (including phenoxy) is 1. The molecule has 2 aromatic rings. The molecule has 0 bridgehead atoms. The van der Waals surface area contributed by atoms with Crippen molar-refractivity contribution in [3.05, 3.63) is 64.4 Å². The molecule has 0 spiro atoms. The number of benzene rings is 2. The third kappa shape index (κ3) is 4.09. The fraction of sp³-hybridized carbons (Fsp3) is 0.0588. The quantitative estimate of drug-likeness (QED) is 0.680. The summed E-state index contributed by atoms with van der Waals surface area (Å²) in [6.45, 7) is 0. The van der Waals surface area contributed by atoms with Gasteiger partial charge in [0.1, 0.15) is 23.2 Å². The zero-order valence-electron chi connectivity index (χ0n) is 12.1. The van der Waals surface area contributed by atoms with Gasteiger partial charge in [-0.15, -0.1) is 0 Å². The van der Waals surface area contributed by atoms with Crippen molar-refractivity contribution in [2.24, 2.45) is 0 Å². The minimum absolute atomic E-state index is 0.00786. The molecule has 0 saturated carbocycles. The Kier molecular flexibility index (Phi) is 5.34. The number of nitrogens with zero attached hydrogens (tertiary/aromatic N) is 1. The first-order chi connectivity index (χ1) is 11.0. The number of amides is 1. The summed E-state index contributed by atoms with van der Waals surface area (Å²) in [6, 6.07) is 12.5. The van der Waals surface area contributed by atoms with Crippen LogP contribution in [0.1, 0.15) is 5.56 Å². The molecular weight excluding hydrogens is 319 g/mol. The maximum absolute atomic E-state index is 13.7. The van der Waals surface area contributed by atoms with Gasteiger partial charge >= 0.3 is 0 Å². The molecule has 1 amide bonds. The second-order valence-corrected chi connectivity index (χ2v) is 4.90. The molecule has 0 fully saturated rings. The van der Waals surface area contributed by atoms with Crippen molar-refractivity contribution in [2.75, 3.05) is 12.4 Å². The van der Waals surface area contributed by atoms with Gasteiger partial charge in [0, 0.05) is 17.3 Å². The lowest BCUT2D eigenvalue weighted by Gasteiger charge is -2.07. The Hall–Kier alpha value is -2.84. The summed E-state index contributed by atoms with van der Waals surface area (Å²) in [5.41, 5.74) is 0.182. The molecule has 0 unspecified atom stereocenters. The summed E-state index contributed by atoms with van der Waals surface area (Å²) in [5.74, 6) is -0.720. The Balaban J connectivity index is 2.28. The highest BCUT2D eigenvalue weighted by Crippen LogP contribution is 2.23. The first kappa shape index (κ1) is 16.5. The molecule has 116 valence electrons. The van der Waals surface area contributed by atoms with E-state index in [0.29, 0.717) is 11.4 Å². The van der Waals surface area contributed by atoms with E-state index in [2.05, 4.69) is 5.32 Å². The Morgan fingerprint density at radius 3 is 2.74 bits per heavy atom. The number of hydrogen-bond donors (Lipinski definition) is 1. The minimum atomic E-state index is -0.667. The van der Waals surface area contributed by atoms with E-state index in [1.54, 1.807) is 30.3 Å². The summed E-state index contributed by atoms with van der Waals surface area (Å²) < 4.78 is 18.8. The lowest BCUT2D eigenvalue weighted by atomic mass is 10.1. The average Bonchev–Trinajstić information content (AvgIpc) is 2.54. The van der Waals surface area contributed by atoms with Gasteiger partial charge in [-0.2, -0.15) is 5.26 Å². The van der Waals surface area contributed by atoms with Gasteiger partial charge < -0.3 is 10.1 Å². The third-order valence-corrected chi connectivity index (χ3v) is 3.31. The minimum Gasteiger partial charge on any atom is -0.497 e. The van der Waals surface area contributed by atoms with Crippen molar-refractivity contribution in [1.29, 1.82) is 5.26 Å². The van der Waals surface area contributed by atoms with Gasteiger partial charge in [0.2, 0.25) is 0 Å². The molecule has 0 saturated heterocycles. The summed E-state index contributed by atoms with van der Waals surface area (Å²) in [5, 5.41) is 11.8. The predicted octanol–water partition coefficient (Wildman–Crippen LogP) is 4.03. The second kappa shape index (κ2) is 7.43. The van der Waals surface area contributed by atoms with Crippen LogP contribution in [0.15, 0.2) is 48.0 Å². The van der Waals surface area contributed by atoms with E-state index in [-0.39, 0.29) is 16.2 Å². The number of rotatable bonds is 4. The zero-order chi connectivity index (χ0) is 16.8. The molecular formula is C17H12ClFN2O2. The lowest BCUT2D eigenvalue weighted by molar-refractivity contribution is -0.112. The molecule has 0 aliphatic carbocycles. The molecule has 0 aliphatic rings. The normalized spacial score (nSPS) is 10.8. The maximum atomic E-state index is 13.7. The number of methoxy groups -OCH3 is 1. The molecule has 4 nitrogen and oxygen atoms in total. The van der Waals surface area contributed by atoms with Crippen molar-refractivity contribution in [1.82, 2.24) is 0 Å². The van der Waals surface area contributed by atoms with Crippen LogP contribution in [0.4, 0.5) is 10.1 Å². The number of nitrogens with one attached hydrogen (secondary N) is 1. The van der Waals surface area contributed by atoms with Crippen LogP contribution in [0.2, 0.25) is 5.02 Å². The Morgan fingerprint density at radius 2 is 2.09 bits per heavy atom. The maximum Gasteiger partial charge on any atom is 0.266 e. The molecule has 0 aliphatic heterocycles. The van der Waals surface area contributed by atoms with Crippen molar-refractivity contribution >= 4 is 29.3 Å². The van der Waals surface area contributed by atoms with Gasteiger partial charge in [-0.1, -0.05) is 23.7 Å². The van der Waals surface area contributed by atoms with Crippen LogP contribution in [0.25, 0.3) is 6.08 Å². The number of carbonyl (C=O) groups excluding carboxylic acids is 1. The number of nitriles is 1. The fourth-order valence-electron chi connectivity index (χ4n) is 1.84. The average molecular weight is 331 g/mol. The van der Waals surface area contributed by atoms with Crippen LogP contribution in [-0.4, -0.2) is 13.0 Å². The Bertz CT molecular complexity index is 792. The van der Waals surface area contributed by atoms with E-state index in [1.165, 1.54) is 25.3 Å². The molecule has 23 heavy (non-hydrogen) atoms. The van der Waals surface area contributed by atoms with Gasteiger partial charge in [0.25, 0.3) is 5.91 Å². The third-order valence-electron chi connectivity index (χ3n) is 2.98. The van der Waals surface area contributed by atoms with E-state index in [4.69, 9.17) is 21.6 Å². The highest BCUT2D eigenvalue weighted by Gasteiger charge is 2.13. The molecule has 0 atom stereocenters. The number of carbonyl (C=O) groups is 1. The molecule has 0 aromatic heterocycles. The largest absolute Gasteiger partial charge is 0.497 e. The van der Waals surface area contributed by atoms with E-state index in [1.807, 2.05) is 0 Å². The highest BCUT2D eigenvalue weighted by molar-refractivity contribution is 6.32. The lowest BCUT2D eigenvalue weighted by Crippen LogP contribution is -2.13. The first-order valence-corrected chi connectivity index (χ1v) is 6.94. The fourth-order valence-corrected chi connectivity index (χ4v) is 2.06. The summed E-state index contributed by atoms with van der Waals surface area (Å²) in [6.07, 6.45) is 1.12. The molecule has 0 radical (unpaired) electrons. The van der Waals surface area contributed by atoms with Gasteiger partial charge in [0.15, 0.2) is 0 Å². The summed E-state index contributed by atoms with van der Waals surface area (Å²) in [7, 11) is 1.50. The Labute approximate surface area is 137 Å². The second-order valence-electron chi connectivity index (χ2n) is 4.49. The van der Waals surface area contributed by atoms with Crippen molar-refractivity contribution < 1.29 is 13.9 Å². The predicted molar refractivity (Wildman–Crippen MR) is 86.6 cm³/mol. The van der Waals surface area contributed by atoms with Crippen molar-refractivity contribution in [3.63, 3.8) is 0 Å². The SMILES string of the molecule is COc1cccc(NC(=O)/C(C#N)=C\c2c(F)cccc2Cl)c1. The van der Waals surface area contributed by atoms with E-state index < -0.39 is 11.7 Å². The van der Waals surface area contributed by atoms with E-state index in [0.717, 1.165) is 6.08 Å². The van der Waals surface area contributed by atoms with Crippen molar-refractivity contribution in [2.45, 2.75) is 0 Å². The first-order valence-electron chi connectivity index (χ1n) is 6.56. The topological polar surface area (TPSA) is 62.1 Å². The van der Waals surface area contributed by atoms with Crippen LogP contribution in [0.3, 0.4) is 0 Å². The molecule has 0 heterocycles. The summed E-state index contributed by atoms with van der Waals surface area (Å²) in [4.78, 5) is 12.2. The summed E-state index contributed by atoms with van der Waals surface area (Å²) >= 11 is 5.89. The smallest absolute Gasteiger partial charge is 0.266 e. The van der Waals surface area contributed by atoms with Crippen LogP contribution < -0.4 is 10.1 Å². The van der Waals surface area contributed by atoms with Crippen LogP contribution in [0.5, 0.6) is 5.75 Å². The van der Waals surface area contributed by atoms with Gasteiger partial charge in [-0.05, 0) is 30.3 Å². The van der Waals surface area contributed by atoms with E-state index in [9.17, 15) is 9.18 Å². The highest BCUT2D eigenvalue weighted by atomic mass is 35.5. The van der Waals surface area contributed by atoms with Gasteiger partial charge in [-0.3, -0.25) is 4.79 Å². The molecule has 2 rings (SSSR count). The standard InChI is InChI=1S/C17H12ClFN2O2/c1-23-13-5-2-4-12(9-13)21-17(22)11(10-20)8-14-15(18)6-3-7-16(14)19/h2-9H,1H3,(H,21,22)/b11-8-. The number of hydrogen-bond acceptors (Lipinski definition) is 3. The van der Waals surface area contributed by atoms with Crippen LogP contribution in [-0.2, 0) is 4.79 Å². The van der Waals surface area contributed by atoms with Crippen LogP contribution >= 0.6 is 11.6 Å². The molecule has 6 heteroatoms. The zero-order valence-corrected chi connectivity index (χ0v) is 12.9. The number of anilines is 1. The molecule has 1 N–H and O–H groups in total. The van der Waals surface area contributed by atoms with Crippen molar-refractivity contribution in [3.8, 4) is 11.8 Å². The number of halogens is 2. The monoisotopic (exact) mass is 330 g/mol. The Morgan fingerprint density at radius 1 is 1.35 bits per heavy atom. The van der Waals surface area contributed by atoms with Crippen LogP contribution in [0, 0.1) is 17.1 Å². The van der Waals surface area contributed by atoms with E-state index >= 15 is 0 Å².